The zero-order valence-corrected chi connectivity index (χ0v) is 20.5. The fraction of sp³-hybridized carbons (Fsp3) is 0.320. The highest BCUT2D eigenvalue weighted by Crippen LogP contribution is 2.39. The number of aryl methyl sites for hydroxylation is 1. The highest BCUT2D eigenvalue weighted by atomic mass is 35.5. The Balaban J connectivity index is 0.000000751. The third-order valence-corrected chi connectivity index (χ3v) is 6.21. The first-order valence-electron chi connectivity index (χ1n) is 10.9. The van der Waals surface area contributed by atoms with E-state index >= 15 is 0 Å². The summed E-state index contributed by atoms with van der Waals surface area (Å²) in [6, 6.07) is 9.72. The van der Waals surface area contributed by atoms with E-state index in [1.165, 1.54) is 31.5 Å². The summed E-state index contributed by atoms with van der Waals surface area (Å²) < 4.78 is 15.7. The van der Waals surface area contributed by atoms with Crippen LogP contribution in [-0.2, 0) is 4.79 Å². The summed E-state index contributed by atoms with van der Waals surface area (Å²) in [5.41, 5.74) is 6.97. The molecular weight excluding hydrogens is 480 g/mol. The number of primary amides is 1. The lowest BCUT2D eigenvalue weighted by Gasteiger charge is -2.24. The van der Waals surface area contributed by atoms with Gasteiger partial charge in [0.25, 0.3) is 0 Å². The first kappa shape index (κ1) is 25.7. The maximum atomic E-state index is 13.8. The molecule has 1 aliphatic carbocycles. The fourth-order valence-electron chi connectivity index (χ4n) is 4.20. The van der Waals surface area contributed by atoms with Crippen molar-refractivity contribution in [2.24, 2.45) is 5.73 Å². The molecule has 2 aromatic carbocycles. The number of carbonyl (C=O) groups excluding carboxylic acids is 1. The second-order valence-corrected chi connectivity index (χ2v) is 9.16. The first-order valence-corrected chi connectivity index (χ1v) is 11.7. The van der Waals surface area contributed by atoms with Gasteiger partial charge in [-0.15, -0.1) is 0 Å². The summed E-state index contributed by atoms with van der Waals surface area (Å²) >= 11 is 12.3. The lowest BCUT2D eigenvalue weighted by atomic mass is 9.88. The second kappa shape index (κ2) is 11.0. The normalized spacial score (nSPS) is 13.8. The van der Waals surface area contributed by atoms with E-state index in [4.69, 9.17) is 23.2 Å². The quantitative estimate of drug-likeness (QED) is 0.420. The molecule has 6 nitrogen and oxygen atoms in total. The molecule has 34 heavy (non-hydrogen) atoms. The molecule has 0 unspecified atom stereocenters. The van der Waals surface area contributed by atoms with Gasteiger partial charge in [0, 0.05) is 23.4 Å². The molecule has 1 fully saturated rings. The first-order chi connectivity index (χ1) is 16.1. The van der Waals surface area contributed by atoms with Crippen molar-refractivity contribution in [1.82, 2.24) is 9.55 Å². The summed E-state index contributed by atoms with van der Waals surface area (Å²) in [5, 5.41) is 10.4. The number of hydrogen-bond donors (Lipinski definition) is 2. The number of imidazole rings is 1. The molecule has 0 spiro atoms. The van der Waals surface area contributed by atoms with Crippen molar-refractivity contribution in [2.45, 2.75) is 51.9 Å². The van der Waals surface area contributed by atoms with Gasteiger partial charge in [-0.1, -0.05) is 48.5 Å². The number of aromatic carboxylic acids is 1. The molecule has 4 rings (SSSR count). The van der Waals surface area contributed by atoms with Gasteiger partial charge in [-0.05, 0) is 55.7 Å². The van der Waals surface area contributed by atoms with E-state index in [1.54, 1.807) is 6.07 Å². The monoisotopic (exact) mass is 505 g/mol. The van der Waals surface area contributed by atoms with Crippen LogP contribution in [-0.4, -0.2) is 26.5 Å². The van der Waals surface area contributed by atoms with Crippen LogP contribution in [0.5, 0.6) is 0 Å². The zero-order valence-electron chi connectivity index (χ0n) is 18.9. The smallest absolute Gasteiger partial charge is 0.356 e. The molecular formula is C25H26Cl2FN3O3. The van der Waals surface area contributed by atoms with Crippen LogP contribution in [0.25, 0.3) is 16.9 Å². The van der Waals surface area contributed by atoms with Gasteiger partial charge in [-0.2, -0.15) is 0 Å². The van der Waals surface area contributed by atoms with E-state index in [2.05, 4.69) is 10.7 Å². The standard InChI is InChI=1S/C23H21Cl2FN2O2.C2H5NO/c1-13-7-9-16(24)12-19(13)28-21(15-8-10-18(26)17(25)11-15)20(23(29)30)27-22(28)14-5-3-2-4-6-14;1-2(3)4/h7-12,14H,2-6H2,1H3,(H,29,30);1H3,(H2,3,4). The van der Waals surface area contributed by atoms with Crippen molar-refractivity contribution in [3.8, 4) is 16.9 Å². The molecule has 0 saturated heterocycles. The van der Waals surface area contributed by atoms with Crippen LogP contribution in [0, 0.1) is 12.7 Å². The largest absolute Gasteiger partial charge is 0.476 e. The lowest BCUT2D eigenvalue weighted by molar-refractivity contribution is -0.115. The minimum absolute atomic E-state index is 0.0707. The summed E-state index contributed by atoms with van der Waals surface area (Å²) in [7, 11) is 0. The van der Waals surface area contributed by atoms with E-state index in [-0.39, 0.29) is 22.5 Å². The second-order valence-electron chi connectivity index (χ2n) is 8.31. The van der Waals surface area contributed by atoms with Crippen molar-refractivity contribution in [2.75, 3.05) is 0 Å². The van der Waals surface area contributed by atoms with Crippen LogP contribution in [0.2, 0.25) is 10.0 Å². The third-order valence-electron chi connectivity index (χ3n) is 5.68. The molecule has 9 heteroatoms. The Morgan fingerprint density at radius 2 is 1.76 bits per heavy atom. The van der Waals surface area contributed by atoms with E-state index in [0.29, 0.717) is 22.1 Å². The van der Waals surface area contributed by atoms with Crippen molar-refractivity contribution < 1.29 is 19.1 Å². The van der Waals surface area contributed by atoms with Gasteiger partial charge in [0.05, 0.1) is 16.4 Å². The highest BCUT2D eigenvalue weighted by molar-refractivity contribution is 6.31. The van der Waals surface area contributed by atoms with Gasteiger partial charge in [0.1, 0.15) is 11.6 Å². The molecule has 1 heterocycles. The van der Waals surface area contributed by atoms with Crippen molar-refractivity contribution >= 4 is 35.1 Å². The number of carbonyl (C=O) groups is 2. The predicted octanol–water partition coefficient (Wildman–Crippen LogP) is 6.53. The van der Waals surface area contributed by atoms with Crippen LogP contribution in [0.4, 0.5) is 4.39 Å². The molecule has 3 N–H and O–H groups in total. The van der Waals surface area contributed by atoms with Crippen molar-refractivity contribution in [3.63, 3.8) is 0 Å². The maximum Gasteiger partial charge on any atom is 0.356 e. The number of aromatic nitrogens is 2. The number of amides is 1. The van der Waals surface area contributed by atoms with Gasteiger partial charge >= 0.3 is 5.97 Å². The summed E-state index contributed by atoms with van der Waals surface area (Å²) in [4.78, 5) is 26.0. The van der Waals surface area contributed by atoms with Crippen LogP contribution in [0.3, 0.4) is 0 Å². The van der Waals surface area contributed by atoms with E-state index in [1.807, 2.05) is 23.6 Å². The number of rotatable bonds is 4. The predicted molar refractivity (Wildman–Crippen MR) is 131 cm³/mol. The van der Waals surface area contributed by atoms with E-state index in [0.717, 1.165) is 36.9 Å². The summed E-state index contributed by atoms with van der Waals surface area (Å²) in [6.45, 7) is 3.25. The van der Waals surface area contributed by atoms with Gasteiger partial charge in [0.15, 0.2) is 5.69 Å². The van der Waals surface area contributed by atoms with E-state index < -0.39 is 11.8 Å². The minimum Gasteiger partial charge on any atom is -0.476 e. The third kappa shape index (κ3) is 5.77. The molecule has 0 bridgehead atoms. The van der Waals surface area contributed by atoms with Gasteiger partial charge in [-0.25, -0.2) is 14.2 Å². The average molecular weight is 506 g/mol. The summed E-state index contributed by atoms with van der Waals surface area (Å²) in [5.74, 6) is -1.19. The van der Waals surface area contributed by atoms with Crippen LogP contribution >= 0.6 is 23.2 Å². The SMILES string of the molecule is CC(N)=O.Cc1ccc(Cl)cc1-n1c(C2CCCCC2)nc(C(=O)O)c1-c1ccc(F)c(Cl)c1. The number of benzene rings is 2. The van der Waals surface area contributed by atoms with Gasteiger partial charge in [-0.3, -0.25) is 9.36 Å². The fourth-order valence-corrected chi connectivity index (χ4v) is 4.55. The van der Waals surface area contributed by atoms with Crippen LogP contribution < -0.4 is 5.73 Å². The Morgan fingerprint density at radius 3 is 2.35 bits per heavy atom. The Morgan fingerprint density at radius 1 is 1.12 bits per heavy atom. The Hall–Kier alpha value is -2.90. The van der Waals surface area contributed by atoms with Crippen molar-refractivity contribution in [1.29, 1.82) is 0 Å². The molecule has 180 valence electrons. The molecule has 0 atom stereocenters. The molecule has 0 radical (unpaired) electrons. The van der Waals surface area contributed by atoms with Gasteiger partial charge < -0.3 is 10.8 Å². The number of nitrogens with two attached hydrogens (primary N) is 1. The Bertz CT molecular complexity index is 1220. The number of halogens is 3. The van der Waals surface area contributed by atoms with Crippen molar-refractivity contribution in [3.05, 3.63) is 69.3 Å². The maximum absolute atomic E-state index is 13.8. The lowest BCUT2D eigenvalue weighted by Crippen LogP contribution is -2.12. The molecule has 3 aromatic rings. The molecule has 1 aliphatic rings. The Labute approximate surface area is 207 Å². The number of hydrogen-bond acceptors (Lipinski definition) is 3. The molecule has 1 aromatic heterocycles. The topological polar surface area (TPSA) is 98.2 Å². The van der Waals surface area contributed by atoms with Gasteiger partial charge in [0.2, 0.25) is 5.91 Å². The number of carboxylic acid groups (broad SMARTS) is 1. The Kier molecular flexibility index (Phi) is 8.33. The zero-order chi connectivity index (χ0) is 25.0. The highest BCUT2D eigenvalue weighted by Gasteiger charge is 2.30. The molecule has 1 amide bonds. The van der Waals surface area contributed by atoms with Crippen LogP contribution in [0.15, 0.2) is 36.4 Å². The minimum atomic E-state index is -1.14. The van der Waals surface area contributed by atoms with E-state index in [9.17, 15) is 19.1 Å². The molecule has 0 aliphatic heterocycles. The van der Waals surface area contributed by atoms with Crippen LogP contribution in [0.1, 0.15) is 66.8 Å². The average Bonchev–Trinajstić information content (AvgIpc) is 3.18. The molecule has 1 saturated carbocycles. The summed E-state index contributed by atoms with van der Waals surface area (Å²) in [6.07, 6.45) is 5.20. The number of nitrogens with zero attached hydrogens (tertiary/aromatic N) is 2. The number of carboxylic acids is 1.